The Bertz CT molecular complexity index is 469. The molecule has 1 aliphatic heterocycles. The van der Waals surface area contributed by atoms with Gasteiger partial charge >= 0.3 is 0 Å². The summed E-state index contributed by atoms with van der Waals surface area (Å²) < 4.78 is 27.5. The lowest BCUT2D eigenvalue weighted by Gasteiger charge is -2.10. The number of nitrogens with one attached hydrogen (secondary N) is 2. The van der Waals surface area contributed by atoms with Crippen molar-refractivity contribution in [3.63, 3.8) is 0 Å². The Morgan fingerprint density at radius 2 is 2.39 bits per heavy atom. The molecular formula is C9H18ClN5O2S. The number of aromatic nitrogens is 3. The van der Waals surface area contributed by atoms with Crippen LogP contribution in [0, 0.1) is 0 Å². The molecule has 0 aromatic carbocycles. The first-order valence-corrected chi connectivity index (χ1v) is 7.15. The van der Waals surface area contributed by atoms with E-state index in [1.54, 1.807) is 7.05 Å². The second-order valence-corrected chi connectivity index (χ2v) is 5.89. The minimum Gasteiger partial charge on any atom is -0.314 e. The van der Waals surface area contributed by atoms with Crippen LogP contribution < -0.4 is 10.0 Å². The molecular weight excluding hydrogens is 278 g/mol. The highest BCUT2D eigenvalue weighted by Gasteiger charge is 2.20. The molecule has 1 aromatic heterocycles. The maximum absolute atomic E-state index is 11.9. The maximum atomic E-state index is 11.9. The van der Waals surface area contributed by atoms with Crippen LogP contribution in [-0.2, 0) is 17.1 Å². The molecule has 1 fully saturated rings. The summed E-state index contributed by atoms with van der Waals surface area (Å²) in [5.74, 6) is 0. The van der Waals surface area contributed by atoms with Crippen LogP contribution in [0.25, 0.3) is 0 Å². The van der Waals surface area contributed by atoms with Crippen LogP contribution in [0.5, 0.6) is 0 Å². The van der Waals surface area contributed by atoms with Crippen LogP contribution in [0.3, 0.4) is 0 Å². The van der Waals surface area contributed by atoms with E-state index in [9.17, 15) is 8.42 Å². The van der Waals surface area contributed by atoms with Gasteiger partial charge in [-0.15, -0.1) is 17.5 Å². The first kappa shape index (κ1) is 15.4. The predicted octanol–water partition coefficient (Wildman–Crippen LogP) is -0.343. The lowest BCUT2D eigenvalue weighted by atomic mass is 10.2. The molecule has 1 saturated heterocycles. The molecule has 0 amide bonds. The van der Waals surface area contributed by atoms with Crippen LogP contribution in [0.4, 0.5) is 0 Å². The number of rotatable bonds is 5. The van der Waals surface area contributed by atoms with Crippen LogP contribution in [-0.4, -0.2) is 42.5 Å². The zero-order chi connectivity index (χ0) is 12.3. The molecule has 7 nitrogen and oxygen atoms in total. The van der Waals surface area contributed by atoms with Crippen molar-refractivity contribution in [2.45, 2.75) is 30.3 Å². The van der Waals surface area contributed by atoms with Crippen molar-refractivity contribution in [2.75, 3.05) is 13.1 Å². The highest BCUT2D eigenvalue weighted by molar-refractivity contribution is 7.89. The standard InChI is InChI=1S/C9H17N5O2S.ClH/c1-14-9(7-11-13-14)17(15,16)12-6-4-8-3-2-5-10-8;/h7-8,10,12H,2-6H2,1H3;1H/t8-;/m1./s1. The largest absolute Gasteiger partial charge is 0.314 e. The second kappa shape index (κ2) is 6.46. The molecule has 0 bridgehead atoms. The summed E-state index contributed by atoms with van der Waals surface area (Å²) in [6, 6.07) is 0.433. The van der Waals surface area contributed by atoms with Crippen molar-refractivity contribution in [2.24, 2.45) is 7.05 Å². The summed E-state index contributed by atoms with van der Waals surface area (Å²) in [7, 11) is -1.92. The fourth-order valence-electron chi connectivity index (χ4n) is 1.97. The van der Waals surface area contributed by atoms with Gasteiger partial charge in [0.1, 0.15) is 0 Å². The molecule has 18 heavy (non-hydrogen) atoms. The number of sulfonamides is 1. The third kappa shape index (κ3) is 3.64. The Morgan fingerprint density at radius 1 is 1.61 bits per heavy atom. The van der Waals surface area contributed by atoms with Gasteiger partial charge in [0.2, 0.25) is 0 Å². The summed E-state index contributed by atoms with van der Waals surface area (Å²) >= 11 is 0. The van der Waals surface area contributed by atoms with Gasteiger partial charge in [0, 0.05) is 19.6 Å². The average Bonchev–Trinajstić information content (AvgIpc) is 2.88. The quantitative estimate of drug-likeness (QED) is 0.776. The Kier molecular flexibility index (Phi) is 5.51. The van der Waals surface area contributed by atoms with Crippen molar-refractivity contribution in [1.29, 1.82) is 0 Å². The summed E-state index contributed by atoms with van der Waals surface area (Å²) in [4.78, 5) is 0. The number of halogens is 1. The third-order valence-corrected chi connectivity index (χ3v) is 4.40. The highest BCUT2D eigenvalue weighted by Crippen LogP contribution is 2.09. The van der Waals surface area contributed by atoms with Gasteiger partial charge in [-0.1, -0.05) is 5.21 Å². The van der Waals surface area contributed by atoms with E-state index in [1.807, 2.05) is 0 Å². The zero-order valence-corrected chi connectivity index (χ0v) is 11.8. The van der Waals surface area contributed by atoms with Gasteiger partial charge in [0.05, 0.1) is 6.20 Å². The zero-order valence-electron chi connectivity index (χ0n) is 10.2. The molecule has 1 aliphatic rings. The van der Waals surface area contributed by atoms with E-state index in [2.05, 4.69) is 20.4 Å². The Labute approximate surface area is 113 Å². The molecule has 0 unspecified atom stereocenters. The first-order chi connectivity index (χ1) is 8.09. The molecule has 104 valence electrons. The molecule has 0 aliphatic carbocycles. The molecule has 0 saturated carbocycles. The van der Waals surface area contributed by atoms with E-state index >= 15 is 0 Å². The maximum Gasteiger partial charge on any atom is 0.259 e. The molecule has 0 radical (unpaired) electrons. The Balaban J connectivity index is 0.00000162. The van der Waals surface area contributed by atoms with E-state index in [0.717, 1.165) is 19.4 Å². The predicted molar refractivity (Wildman–Crippen MR) is 69.1 cm³/mol. The topological polar surface area (TPSA) is 88.9 Å². The van der Waals surface area contributed by atoms with Gasteiger partial charge in [-0.2, -0.15) is 0 Å². The smallest absolute Gasteiger partial charge is 0.259 e. The van der Waals surface area contributed by atoms with Gasteiger partial charge in [0.15, 0.2) is 5.03 Å². The van der Waals surface area contributed by atoms with Crippen molar-refractivity contribution in [3.8, 4) is 0 Å². The molecule has 2 heterocycles. The minimum atomic E-state index is -3.48. The lowest BCUT2D eigenvalue weighted by Crippen LogP contribution is -2.31. The summed E-state index contributed by atoms with van der Waals surface area (Å²) in [5, 5.41) is 10.6. The number of hydrogen-bond donors (Lipinski definition) is 2. The Hall–Kier alpha value is -0.700. The van der Waals surface area contributed by atoms with Crippen LogP contribution in [0.2, 0.25) is 0 Å². The van der Waals surface area contributed by atoms with E-state index in [-0.39, 0.29) is 17.4 Å². The summed E-state index contributed by atoms with van der Waals surface area (Å²) in [6.45, 7) is 1.47. The second-order valence-electron chi connectivity index (χ2n) is 4.18. The fourth-order valence-corrected chi connectivity index (χ4v) is 3.07. The highest BCUT2D eigenvalue weighted by atomic mass is 35.5. The van der Waals surface area contributed by atoms with Gasteiger partial charge in [0.25, 0.3) is 10.0 Å². The van der Waals surface area contributed by atoms with E-state index < -0.39 is 10.0 Å². The monoisotopic (exact) mass is 295 g/mol. The van der Waals surface area contributed by atoms with Crippen LogP contribution in [0.15, 0.2) is 11.2 Å². The first-order valence-electron chi connectivity index (χ1n) is 5.67. The van der Waals surface area contributed by atoms with Gasteiger partial charge < -0.3 is 5.32 Å². The normalized spacial score (nSPS) is 19.7. The summed E-state index contributed by atoms with van der Waals surface area (Å²) in [5.41, 5.74) is 0. The number of hydrogen-bond acceptors (Lipinski definition) is 5. The van der Waals surface area contributed by atoms with Crippen LogP contribution >= 0.6 is 12.4 Å². The van der Waals surface area contributed by atoms with E-state index in [1.165, 1.54) is 17.3 Å². The molecule has 1 atom stereocenters. The van der Waals surface area contributed by atoms with Gasteiger partial charge in [-0.3, -0.25) is 0 Å². The molecule has 9 heteroatoms. The third-order valence-electron chi connectivity index (χ3n) is 2.90. The van der Waals surface area contributed by atoms with Gasteiger partial charge in [-0.05, 0) is 25.8 Å². The summed E-state index contributed by atoms with van der Waals surface area (Å²) in [6.07, 6.45) is 4.35. The van der Waals surface area contributed by atoms with Crippen LogP contribution in [0.1, 0.15) is 19.3 Å². The minimum absolute atomic E-state index is 0. The lowest BCUT2D eigenvalue weighted by molar-refractivity contribution is 0.532. The average molecular weight is 296 g/mol. The van der Waals surface area contributed by atoms with Crippen molar-refractivity contribution in [1.82, 2.24) is 25.0 Å². The van der Waals surface area contributed by atoms with Crippen molar-refractivity contribution >= 4 is 22.4 Å². The molecule has 1 aromatic rings. The molecule has 2 rings (SSSR count). The SMILES string of the molecule is Cl.Cn1nncc1S(=O)(=O)NCC[C@H]1CCCN1. The number of aryl methyl sites for hydroxylation is 1. The Morgan fingerprint density at radius 3 is 2.94 bits per heavy atom. The number of nitrogens with zero attached hydrogens (tertiary/aromatic N) is 3. The molecule has 0 spiro atoms. The molecule has 2 N–H and O–H groups in total. The van der Waals surface area contributed by atoms with Gasteiger partial charge in [-0.25, -0.2) is 17.8 Å². The van der Waals surface area contributed by atoms with Crippen molar-refractivity contribution in [3.05, 3.63) is 6.20 Å². The van der Waals surface area contributed by atoms with E-state index in [0.29, 0.717) is 12.6 Å². The van der Waals surface area contributed by atoms with Crippen molar-refractivity contribution < 1.29 is 8.42 Å². The van der Waals surface area contributed by atoms with E-state index in [4.69, 9.17) is 0 Å². The fraction of sp³-hybridized carbons (Fsp3) is 0.778.